The molecule has 104 valence electrons. The highest BCUT2D eigenvalue weighted by Gasteiger charge is 2.42. The number of nitrogens with one attached hydrogen (secondary N) is 1. The van der Waals surface area contributed by atoms with Crippen LogP contribution in [0.15, 0.2) is 18.2 Å². The molecule has 0 radical (unpaired) electrons. The summed E-state index contributed by atoms with van der Waals surface area (Å²) in [5.41, 5.74) is 0.237. The topological polar surface area (TPSA) is 12.0 Å². The lowest BCUT2D eigenvalue weighted by Crippen LogP contribution is -2.37. The van der Waals surface area contributed by atoms with E-state index < -0.39 is 11.6 Å². The highest BCUT2D eigenvalue weighted by atomic mass is 19.1. The van der Waals surface area contributed by atoms with E-state index in [9.17, 15) is 8.78 Å². The second-order valence-corrected chi connectivity index (χ2v) is 6.46. The third kappa shape index (κ3) is 2.97. The molecular weight excluding hydrogens is 244 g/mol. The molecule has 0 aliphatic heterocycles. The molecule has 0 heterocycles. The Balaban J connectivity index is 1.76. The first-order chi connectivity index (χ1) is 9.08. The van der Waals surface area contributed by atoms with Crippen molar-refractivity contribution in [1.82, 2.24) is 5.32 Å². The largest absolute Gasteiger partial charge is 0.313 e. The molecule has 1 nitrogen and oxygen atoms in total. The normalized spacial score (nSPS) is 22.3. The molecule has 2 fully saturated rings. The van der Waals surface area contributed by atoms with Crippen molar-refractivity contribution in [3.8, 4) is 0 Å². The average Bonchev–Trinajstić information content (AvgIpc) is 3.25. The molecule has 3 rings (SSSR count). The Hall–Kier alpha value is -0.960. The number of benzene rings is 1. The molecule has 1 aromatic rings. The van der Waals surface area contributed by atoms with Gasteiger partial charge in [0.1, 0.15) is 11.6 Å². The van der Waals surface area contributed by atoms with Crippen molar-refractivity contribution in [3.63, 3.8) is 0 Å². The smallest absolute Gasteiger partial charge is 0.129 e. The van der Waals surface area contributed by atoms with Crippen molar-refractivity contribution < 1.29 is 8.78 Å². The van der Waals surface area contributed by atoms with Crippen molar-refractivity contribution in [2.45, 2.75) is 45.1 Å². The zero-order valence-corrected chi connectivity index (χ0v) is 11.4. The summed E-state index contributed by atoms with van der Waals surface area (Å²) >= 11 is 0. The van der Waals surface area contributed by atoms with Crippen LogP contribution in [0.2, 0.25) is 0 Å². The Kier molecular flexibility index (Phi) is 3.34. The summed E-state index contributed by atoms with van der Waals surface area (Å²) in [6, 6.07) is 4.80. The van der Waals surface area contributed by atoms with Gasteiger partial charge in [0.2, 0.25) is 0 Å². The molecular formula is C16H21F2N. The Bertz CT molecular complexity index is 446. The van der Waals surface area contributed by atoms with Gasteiger partial charge < -0.3 is 5.32 Å². The second kappa shape index (κ2) is 4.86. The molecule has 1 aromatic carbocycles. The molecule has 19 heavy (non-hydrogen) atoms. The van der Waals surface area contributed by atoms with Gasteiger partial charge in [-0.25, -0.2) is 8.78 Å². The van der Waals surface area contributed by atoms with E-state index in [2.05, 4.69) is 12.2 Å². The lowest BCUT2D eigenvalue weighted by Gasteiger charge is -2.31. The van der Waals surface area contributed by atoms with Crippen molar-refractivity contribution in [3.05, 3.63) is 35.4 Å². The number of hydrogen-bond acceptors (Lipinski definition) is 1. The van der Waals surface area contributed by atoms with Gasteiger partial charge in [-0.2, -0.15) is 0 Å². The Labute approximate surface area is 113 Å². The van der Waals surface area contributed by atoms with Gasteiger partial charge in [0, 0.05) is 18.2 Å². The van der Waals surface area contributed by atoms with Crippen LogP contribution in [0.4, 0.5) is 8.78 Å². The standard InChI is InChI=1S/C16H21F2N/c1-16(11-5-6-11,10-19-12-7-8-12)9-13-14(17)3-2-4-15(13)18/h2-4,11-12,19H,5-10H2,1H3. The minimum Gasteiger partial charge on any atom is -0.313 e. The average molecular weight is 265 g/mol. The molecule has 0 spiro atoms. The van der Waals surface area contributed by atoms with Crippen LogP contribution in [0.1, 0.15) is 38.2 Å². The van der Waals surface area contributed by atoms with E-state index in [1.54, 1.807) is 0 Å². The summed E-state index contributed by atoms with van der Waals surface area (Å²) in [7, 11) is 0. The van der Waals surface area contributed by atoms with E-state index in [1.807, 2.05) is 0 Å². The van der Waals surface area contributed by atoms with Gasteiger partial charge in [0.05, 0.1) is 0 Å². The van der Waals surface area contributed by atoms with Crippen LogP contribution in [0.5, 0.6) is 0 Å². The molecule has 0 bridgehead atoms. The molecule has 1 N–H and O–H groups in total. The lowest BCUT2D eigenvalue weighted by molar-refractivity contribution is 0.248. The van der Waals surface area contributed by atoms with Gasteiger partial charge in [0.15, 0.2) is 0 Å². The van der Waals surface area contributed by atoms with Crippen LogP contribution in [0.25, 0.3) is 0 Å². The number of rotatable bonds is 6. The quantitative estimate of drug-likeness (QED) is 0.827. The van der Waals surface area contributed by atoms with Crippen LogP contribution < -0.4 is 5.32 Å². The fourth-order valence-electron chi connectivity index (χ4n) is 2.90. The van der Waals surface area contributed by atoms with Gasteiger partial charge in [0.25, 0.3) is 0 Å². The van der Waals surface area contributed by atoms with Gasteiger partial charge in [-0.05, 0) is 55.6 Å². The van der Waals surface area contributed by atoms with E-state index in [4.69, 9.17) is 0 Å². The Morgan fingerprint density at radius 1 is 1.16 bits per heavy atom. The maximum Gasteiger partial charge on any atom is 0.129 e. The molecule has 0 amide bonds. The molecule has 3 heteroatoms. The number of hydrogen-bond donors (Lipinski definition) is 1. The summed E-state index contributed by atoms with van der Waals surface area (Å²) in [5, 5.41) is 3.53. The fraction of sp³-hybridized carbons (Fsp3) is 0.625. The second-order valence-electron chi connectivity index (χ2n) is 6.46. The summed E-state index contributed by atoms with van der Waals surface area (Å²) in [5.74, 6) is -0.200. The van der Waals surface area contributed by atoms with Crippen LogP contribution in [-0.2, 0) is 6.42 Å². The number of halogens is 2. The first-order valence-corrected chi connectivity index (χ1v) is 7.25. The van der Waals surface area contributed by atoms with E-state index in [-0.39, 0.29) is 11.0 Å². The molecule has 0 aromatic heterocycles. The zero-order chi connectivity index (χ0) is 13.5. The zero-order valence-electron chi connectivity index (χ0n) is 11.4. The fourth-order valence-corrected chi connectivity index (χ4v) is 2.90. The minimum atomic E-state index is -0.404. The highest BCUT2D eigenvalue weighted by Crippen LogP contribution is 2.47. The van der Waals surface area contributed by atoms with Crippen LogP contribution in [0, 0.1) is 23.0 Å². The lowest BCUT2D eigenvalue weighted by atomic mass is 9.78. The first-order valence-electron chi connectivity index (χ1n) is 7.25. The predicted octanol–water partition coefficient (Wildman–Crippen LogP) is 3.68. The van der Waals surface area contributed by atoms with E-state index in [0.29, 0.717) is 18.4 Å². The molecule has 2 saturated carbocycles. The van der Waals surface area contributed by atoms with E-state index in [0.717, 1.165) is 6.54 Å². The van der Waals surface area contributed by atoms with Gasteiger partial charge >= 0.3 is 0 Å². The molecule has 0 saturated heterocycles. The summed E-state index contributed by atoms with van der Waals surface area (Å²) in [4.78, 5) is 0. The third-order valence-electron chi connectivity index (χ3n) is 4.58. The van der Waals surface area contributed by atoms with Gasteiger partial charge in [-0.1, -0.05) is 13.0 Å². The SMILES string of the molecule is CC(CNC1CC1)(Cc1c(F)cccc1F)C1CC1. The van der Waals surface area contributed by atoms with Crippen LogP contribution in [-0.4, -0.2) is 12.6 Å². The summed E-state index contributed by atoms with van der Waals surface area (Å²) < 4.78 is 27.6. The molecule has 1 atom stereocenters. The maximum atomic E-state index is 13.8. The predicted molar refractivity (Wildman–Crippen MR) is 71.9 cm³/mol. The highest BCUT2D eigenvalue weighted by molar-refractivity contribution is 5.22. The van der Waals surface area contributed by atoms with Gasteiger partial charge in [-0.3, -0.25) is 0 Å². The van der Waals surface area contributed by atoms with Crippen molar-refractivity contribution in [1.29, 1.82) is 0 Å². The molecule has 1 unspecified atom stereocenters. The minimum absolute atomic E-state index is 0.0222. The van der Waals surface area contributed by atoms with Crippen LogP contribution in [0.3, 0.4) is 0 Å². The third-order valence-corrected chi connectivity index (χ3v) is 4.58. The van der Waals surface area contributed by atoms with E-state index in [1.165, 1.54) is 43.9 Å². The monoisotopic (exact) mass is 265 g/mol. The van der Waals surface area contributed by atoms with Gasteiger partial charge in [-0.15, -0.1) is 0 Å². The molecule has 2 aliphatic rings. The summed E-state index contributed by atoms with van der Waals surface area (Å²) in [6.07, 6.45) is 5.37. The Morgan fingerprint density at radius 3 is 2.32 bits per heavy atom. The van der Waals surface area contributed by atoms with Crippen molar-refractivity contribution in [2.24, 2.45) is 11.3 Å². The first kappa shape index (κ1) is 13.0. The van der Waals surface area contributed by atoms with Crippen LogP contribution >= 0.6 is 0 Å². The van der Waals surface area contributed by atoms with E-state index >= 15 is 0 Å². The van der Waals surface area contributed by atoms with Crippen molar-refractivity contribution >= 4 is 0 Å². The molecule has 2 aliphatic carbocycles. The maximum absolute atomic E-state index is 13.8. The summed E-state index contributed by atoms with van der Waals surface area (Å²) in [6.45, 7) is 3.04. The van der Waals surface area contributed by atoms with Crippen molar-refractivity contribution in [2.75, 3.05) is 6.54 Å². The Morgan fingerprint density at radius 2 is 1.79 bits per heavy atom.